The fourth-order valence-electron chi connectivity index (χ4n) is 5.59. The lowest BCUT2D eigenvalue weighted by molar-refractivity contribution is -0.0523. The fourth-order valence-corrected chi connectivity index (χ4v) is 7.57. The van der Waals surface area contributed by atoms with E-state index in [2.05, 4.69) is 9.44 Å². The molecule has 2 fully saturated rings. The lowest BCUT2D eigenvalue weighted by atomic mass is 9.70. The fraction of sp³-hybridized carbons (Fsp3) is 0.480. The summed E-state index contributed by atoms with van der Waals surface area (Å²) < 4.78 is 60.0. The van der Waals surface area contributed by atoms with Crippen molar-refractivity contribution in [2.24, 2.45) is 0 Å². The molecule has 9 nitrogen and oxygen atoms in total. The number of fused-ring (bicyclic) bond motifs is 2. The smallest absolute Gasteiger partial charge is 0.258 e. The monoisotopic (exact) mass is 533 g/mol. The number of nitrogens with zero attached hydrogens (tertiary/aromatic N) is 1. The normalized spacial score (nSPS) is 20.6. The van der Waals surface area contributed by atoms with Crippen molar-refractivity contribution in [3.05, 3.63) is 53.6 Å². The predicted octanol–water partition coefficient (Wildman–Crippen LogP) is 2.99. The second-order valence-corrected chi connectivity index (χ2v) is 14.0. The van der Waals surface area contributed by atoms with Crippen molar-refractivity contribution in [2.45, 2.75) is 54.9 Å². The molecule has 0 radical (unpaired) electrons. The van der Waals surface area contributed by atoms with E-state index in [9.17, 15) is 21.6 Å². The number of anilines is 2. The molecule has 5 rings (SSSR count). The largest absolute Gasteiger partial charge is 0.377 e. The van der Waals surface area contributed by atoms with Crippen LogP contribution in [0.15, 0.2) is 47.4 Å². The van der Waals surface area contributed by atoms with Crippen LogP contribution in [-0.4, -0.2) is 54.3 Å². The summed E-state index contributed by atoms with van der Waals surface area (Å²) in [6.45, 7) is 2.86. The third-order valence-electron chi connectivity index (χ3n) is 7.29. The molecule has 2 heterocycles. The zero-order valence-corrected chi connectivity index (χ0v) is 22.0. The number of ether oxygens (including phenoxy) is 1. The van der Waals surface area contributed by atoms with E-state index in [0.29, 0.717) is 25.4 Å². The Morgan fingerprint density at radius 1 is 1.00 bits per heavy atom. The summed E-state index contributed by atoms with van der Waals surface area (Å²) in [6, 6.07) is 11.4. The summed E-state index contributed by atoms with van der Waals surface area (Å²) in [6.07, 6.45) is 6.13. The Hall–Kier alpha value is -2.47. The molecular weight excluding hydrogens is 502 g/mol. The Morgan fingerprint density at radius 2 is 1.72 bits per heavy atom. The number of rotatable bonds is 6. The van der Waals surface area contributed by atoms with Gasteiger partial charge in [-0.3, -0.25) is 9.52 Å². The van der Waals surface area contributed by atoms with Gasteiger partial charge in [0.15, 0.2) is 0 Å². The van der Waals surface area contributed by atoms with E-state index in [1.165, 1.54) is 12.1 Å². The highest BCUT2D eigenvalue weighted by atomic mass is 32.2. The predicted molar refractivity (Wildman–Crippen MR) is 137 cm³/mol. The molecule has 1 amide bonds. The average molecular weight is 534 g/mol. The number of carbonyl (C=O) groups is 1. The first-order valence-electron chi connectivity index (χ1n) is 12.1. The van der Waals surface area contributed by atoms with Crippen molar-refractivity contribution < 1.29 is 26.4 Å². The molecule has 11 heteroatoms. The molecule has 2 aromatic rings. The topological polar surface area (TPSA) is 122 Å². The molecule has 2 N–H and O–H groups in total. The van der Waals surface area contributed by atoms with Crippen LogP contribution in [0.3, 0.4) is 0 Å². The third-order valence-corrected chi connectivity index (χ3v) is 9.53. The molecular formula is C25H31N3O6S2. The highest BCUT2D eigenvalue weighted by Gasteiger charge is 2.45. The van der Waals surface area contributed by atoms with E-state index in [-0.39, 0.29) is 21.8 Å². The van der Waals surface area contributed by atoms with E-state index >= 15 is 0 Å². The first-order valence-corrected chi connectivity index (χ1v) is 15.4. The molecule has 2 aliphatic heterocycles. The van der Waals surface area contributed by atoms with Gasteiger partial charge in [0.05, 0.1) is 29.9 Å². The number of hydrogen-bond acceptors (Lipinski definition) is 6. The van der Waals surface area contributed by atoms with E-state index in [0.717, 1.165) is 49.6 Å². The second-order valence-electron chi connectivity index (χ2n) is 10.5. The van der Waals surface area contributed by atoms with Gasteiger partial charge in [0, 0.05) is 28.9 Å². The molecule has 0 unspecified atom stereocenters. The molecule has 0 aromatic heterocycles. The van der Waals surface area contributed by atoms with Crippen LogP contribution in [0.1, 0.15) is 54.9 Å². The zero-order valence-electron chi connectivity index (χ0n) is 20.4. The lowest BCUT2D eigenvalue weighted by Crippen LogP contribution is -2.59. The van der Waals surface area contributed by atoms with Crippen LogP contribution in [0.5, 0.6) is 0 Å². The maximum Gasteiger partial charge on any atom is 0.258 e. The summed E-state index contributed by atoms with van der Waals surface area (Å²) >= 11 is 0. The Kier molecular flexibility index (Phi) is 6.18. The van der Waals surface area contributed by atoms with Gasteiger partial charge in [-0.15, -0.1) is 0 Å². The van der Waals surface area contributed by atoms with E-state index in [1.807, 2.05) is 6.07 Å². The summed E-state index contributed by atoms with van der Waals surface area (Å²) in [7, 11) is -7.28. The van der Waals surface area contributed by atoms with Crippen molar-refractivity contribution in [1.82, 2.24) is 4.72 Å². The average Bonchev–Trinajstić information content (AvgIpc) is 3.10. The van der Waals surface area contributed by atoms with Gasteiger partial charge in [-0.05, 0) is 61.7 Å². The van der Waals surface area contributed by atoms with Gasteiger partial charge in [0.25, 0.3) is 5.91 Å². The van der Waals surface area contributed by atoms with Crippen LogP contribution < -0.4 is 14.3 Å². The van der Waals surface area contributed by atoms with Crippen molar-refractivity contribution in [3.63, 3.8) is 0 Å². The third kappa shape index (κ3) is 4.77. The van der Waals surface area contributed by atoms with Crippen LogP contribution in [-0.2, 0) is 30.2 Å². The molecule has 1 saturated heterocycles. The van der Waals surface area contributed by atoms with Crippen LogP contribution in [0, 0.1) is 0 Å². The highest BCUT2D eigenvalue weighted by molar-refractivity contribution is 7.92. The number of nitrogens with one attached hydrogen (secondary N) is 2. The van der Waals surface area contributed by atoms with Crippen LogP contribution in [0.2, 0.25) is 0 Å². The van der Waals surface area contributed by atoms with Crippen LogP contribution >= 0.6 is 0 Å². The van der Waals surface area contributed by atoms with Gasteiger partial charge in [-0.2, -0.15) is 0 Å². The standard InChI is InChI=1S/C25H31N3O6S2/c1-24(16-34-17-24)27-36(32,33)20-8-6-7-18(13-20)23(29)28-15-25(11-4-3-5-12-25)21-14-19(9-10-22(21)28)26-35(2,30)31/h6-10,13-14,26-27H,3-5,11-12,15-17H2,1-2H3. The Balaban J connectivity index is 1.48. The second kappa shape index (κ2) is 8.83. The van der Waals surface area contributed by atoms with Crippen LogP contribution in [0.25, 0.3) is 0 Å². The SMILES string of the molecule is CC1(NS(=O)(=O)c2cccc(C(=O)N3CC4(CCCCC4)c4cc(NS(C)(=O)=O)ccc43)c2)COC1. The Morgan fingerprint density at radius 3 is 2.36 bits per heavy atom. The zero-order chi connectivity index (χ0) is 25.8. The van der Waals surface area contributed by atoms with Crippen LogP contribution in [0.4, 0.5) is 11.4 Å². The molecule has 1 spiro atoms. The molecule has 1 aliphatic carbocycles. The maximum atomic E-state index is 13.8. The highest BCUT2D eigenvalue weighted by Crippen LogP contribution is 2.50. The van der Waals surface area contributed by atoms with Crippen molar-refractivity contribution in [1.29, 1.82) is 0 Å². The Bertz CT molecular complexity index is 1410. The van der Waals surface area contributed by atoms with Gasteiger partial charge >= 0.3 is 0 Å². The van der Waals surface area contributed by atoms with E-state index in [4.69, 9.17) is 4.74 Å². The molecule has 0 atom stereocenters. The van der Waals surface area contributed by atoms with Gasteiger partial charge < -0.3 is 9.64 Å². The van der Waals surface area contributed by atoms with Crippen molar-refractivity contribution in [2.75, 3.05) is 35.6 Å². The van der Waals surface area contributed by atoms with Crippen molar-refractivity contribution in [3.8, 4) is 0 Å². The minimum Gasteiger partial charge on any atom is -0.377 e. The first kappa shape index (κ1) is 25.2. The summed E-state index contributed by atoms with van der Waals surface area (Å²) in [5, 5.41) is 0. The number of carbonyl (C=O) groups excluding carboxylic acids is 1. The number of amides is 1. The van der Waals surface area contributed by atoms with E-state index in [1.54, 1.807) is 36.1 Å². The molecule has 3 aliphatic rings. The molecule has 36 heavy (non-hydrogen) atoms. The molecule has 1 saturated carbocycles. The van der Waals surface area contributed by atoms with Gasteiger partial charge in [-0.1, -0.05) is 25.3 Å². The Labute approximate surface area is 212 Å². The molecule has 2 aromatic carbocycles. The minimum absolute atomic E-state index is 0.0287. The number of benzene rings is 2. The minimum atomic E-state index is -3.83. The van der Waals surface area contributed by atoms with Gasteiger partial charge in [0.1, 0.15) is 0 Å². The van der Waals surface area contributed by atoms with Gasteiger partial charge in [0.2, 0.25) is 20.0 Å². The number of hydrogen-bond donors (Lipinski definition) is 2. The lowest BCUT2D eigenvalue weighted by Gasteiger charge is -2.38. The summed E-state index contributed by atoms with van der Waals surface area (Å²) in [5.74, 6) is -0.280. The quantitative estimate of drug-likeness (QED) is 0.589. The molecule has 0 bridgehead atoms. The van der Waals surface area contributed by atoms with Crippen molar-refractivity contribution >= 4 is 37.3 Å². The summed E-state index contributed by atoms with van der Waals surface area (Å²) in [5.41, 5.74) is 1.56. The number of sulfonamides is 2. The van der Waals surface area contributed by atoms with Gasteiger partial charge in [-0.25, -0.2) is 21.6 Å². The first-order chi connectivity index (χ1) is 16.9. The molecule has 194 valence electrons. The van der Waals surface area contributed by atoms with E-state index < -0.39 is 25.6 Å². The summed E-state index contributed by atoms with van der Waals surface area (Å²) in [4.78, 5) is 15.5. The maximum absolute atomic E-state index is 13.8.